The second-order valence-electron chi connectivity index (χ2n) is 9.24. The smallest absolute Gasteiger partial charge is 0.294 e. The Hall–Kier alpha value is -2.64. The van der Waals surface area contributed by atoms with Gasteiger partial charge in [-0.05, 0) is 59.1 Å². The van der Waals surface area contributed by atoms with E-state index < -0.39 is 35.8 Å². The van der Waals surface area contributed by atoms with E-state index in [4.69, 9.17) is 4.74 Å². The van der Waals surface area contributed by atoms with Crippen molar-refractivity contribution in [2.75, 3.05) is 13.1 Å². The molecule has 0 bridgehead atoms. The topological polar surface area (TPSA) is 124 Å². The van der Waals surface area contributed by atoms with Gasteiger partial charge >= 0.3 is 0 Å². The largest absolute Gasteiger partial charge is 0.744 e. The first kappa shape index (κ1) is 24.7. The summed E-state index contributed by atoms with van der Waals surface area (Å²) < 4.78 is 94.1. The van der Waals surface area contributed by atoms with Crippen LogP contribution >= 0.6 is 15.9 Å². The minimum absolute atomic E-state index is 0.106. The molecule has 0 aromatic heterocycles. The maximum Gasteiger partial charge on any atom is 0.294 e. The standard InChI is InChI=1S/C25H19BrFNO7S2/c26-19-8-7-16-21(15-6-5-14(36(29,30)31)12-20(15)37(32,33)34)18-11-13-3-1-9-28-10-2-4-17(23(13)28)24(18)35-25(16)22(19)27/h5-8,11-12H,1-4,9-10H2,(H-,29,30,31,32,33,34). The molecule has 37 heavy (non-hydrogen) atoms. The highest BCUT2D eigenvalue weighted by Crippen LogP contribution is 2.43. The molecular formula is C25H19BrFNO7S2. The fourth-order valence-electron chi connectivity index (χ4n) is 5.58. The predicted molar refractivity (Wildman–Crippen MR) is 133 cm³/mol. The van der Waals surface area contributed by atoms with E-state index in [-0.39, 0.29) is 26.9 Å². The van der Waals surface area contributed by atoms with Gasteiger partial charge < -0.3 is 9.29 Å². The lowest BCUT2D eigenvalue weighted by molar-refractivity contribution is 0.413. The van der Waals surface area contributed by atoms with Gasteiger partial charge in [0, 0.05) is 40.3 Å². The number of nitrogens with zero attached hydrogens (tertiary/aromatic N) is 1. The van der Waals surface area contributed by atoms with Crippen molar-refractivity contribution in [3.8, 4) is 11.5 Å². The summed E-state index contributed by atoms with van der Waals surface area (Å²) in [5.74, 6) is -0.439. The molecule has 6 rings (SSSR count). The molecule has 0 amide bonds. The molecule has 0 saturated heterocycles. The van der Waals surface area contributed by atoms with Crippen LogP contribution in [0.2, 0.25) is 0 Å². The Kier molecular flexibility index (Phi) is 5.63. The van der Waals surface area contributed by atoms with E-state index in [1.165, 1.54) is 6.07 Å². The number of rotatable bonds is 3. The molecule has 0 atom stereocenters. The van der Waals surface area contributed by atoms with Crippen molar-refractivity contribution in [1.82, 2.24) is 4.58 Å². The Morgan fingerprint density at radius 1 is 0.973 bits per heavy atom. The molecule has 0 radical (unpaired) electrons. The molecule has 3 aliphatic rings. The maximum atomic E-state index is 15.4. The number of fused-ring (bicyclic) bond motifs is 3. The van der Waals surface area contributed by atoms with Crippen LogP contribution in [0.5, 0.6) is 11.5 Å². The zero-order valence-electron chi connectivity index (χ0n) is 19.1. The summed E-state index contributed by atoms with van der Waals surface area (Å²) in [6, 6.07) is 7.69. The molecule has 12 heteroatoms. The monoisotopic (exact) mass is 607 g/mol. The number of benzene rings is 3. The van der Waals surface area contributed by atoms with E-state index in [0.717, 1.165) is 61.0 Å². The lowest BCUT2D eigenvalue weighted by atomic mass is 9.87. The van der Waals surface area contributed by atoms with Crippen molar-refractivity contribution in [1.29, 1.82) is 0 Å². The Balaban J connectivity index is 1.82. The van der Waals surface area contributed by atoms with Gasteiger partial charge in [0.05, 0.1) is 19.8 Å². The summed E-state index contributed by atoms with van der Waals surface area (Å²) >= 11 is 3.17. The van der Waals surface area contributed by atoms with Gasteiger partial charge in [0.25, 0.3) is 10.1 Å². The van der Waals surface area contributed by atoms with Crippen LogP contribution < -0.4 is 19.9 Å². The number of halogens is 2. The fraction of sp³-hybridized carbons (Fsp3) is 0.240. The molecule has 192 valence electrons. The third kappa shape index (κ3) is 3.93. The predicted octanol–water partition coefficient (Wildman–Crippen LogP) is 2.48. The lowest BCUT2D eigenvalue weighted by Crippen LogP contribution is -2.45. The van der Waals surface area contributed by atoms with E-state index in [2.05, 4.69) is 20.5 Å². The quantitative estimate of drug-likeness (QED) is 0.280. The first-order chi connectivity index (χ1) is 17.4. The molecule has 0 saturated carbocycles. The first-order valence-electron chi connectivity index (χ1n) is 11.5. The van der Waals surface area contributed by atoms with Crippen LogP contribution in [0.4, 0.5) is 4.39 Å². The third-order valence-electron chi connectivity index (χ3n) is 7.05. The lowest BCUT2D eigenvalue weighted by Gasteiger charge is -2.27. The maximum absolute atomic E-state index is 15.4. The summed E-state index contributed by atoms with van der Waals surface area (Å²) in [5.41, 5.74) is 2.28. The van der Waals surface area contributed by atoms with Gasteiger partial charge in [-0.1, -0.05) is 6.07 Å². The Morgan fingerprint density at radius 3 is 2.38 bits per heavy atom. The van der Waals surface area contributed by atoms with Crippen LogP contribution in [-0.2, 0) is 33.1 Å². The van der Waals surface area contributed by atoms with E-state index >= 15 is 4.39 Å². The van der Waals surface area contributed by atoms with E-state index in [9.17, 15) is 25.9 Å². The SMILES string of the molecule is O=S(=O)([O-])c1cc(S(=O)(=O)O)ccc1C1=c2cc3c4c(c2Oc2c1ccc(Br)c2F)CCC[N+]=4CCC3. The van der Waals surface area contributed by atoms with Crippen molar-refractivity contribution in [3.63, 3.8) is 0 Å². The van der Waals surface area contributed by atoms with Gasteiger partial charge in [0.15, 0.2) is 11.6 Å². The van der Waals surface area contributed by atoms with Gasteiger partial charge in [0.1, 0.15) is 29.0 Å². The van der Waals surface area contributed by atoms with Crippen molar-refractivity contribution in [2.45, 2.75) is 35.5 Å². The average Bonchev–Trinajstić information content (AvgIpc) is 2.84. The fourth-order valence-corrected chi connectivity index (χ4v) is 7.18. The molecule has 3 aromatic carbocycles. The molecule has 0 unspecified atom stereocenters. The van der Waals surface area contributed by atoms with Crippen molar-refractivity contribution in [2.24, 2.45) is 0 Å². The van der Waals surface area contributed by atoms with E-state index in [0.29, 0.717) is 23.5 Å². The molecular weight excluding hydrogens is 589 g/mol. The van der Waals surface area contributed by atoms with Crippen LogP contribution in [0.25, 0.3) is 5.57 Å². The van der Waals surface area contributed by atoms with Gasteiger partial charge in [-0.2, -0.15) is 8.42 Å². The zero-order chi connectivity index (χ0) is 26.3. The Bertz CT molecular complexity index is 1880. The highest BCUT2D eigenvalue weighted by atomic mass is 79.9. The summed E-state index contributed by atoms with van der Waals surface area (Å²) in [6.45, 7) is 1.78. The minimum Gasteiger partial charge on any atom is -0.744 e. The van der Waals surface area contributed by atoms with Crippen LogP contribution in [0.15, 0.2) is 50.7 Å². The summed E-state index contributed by atoms with van der Waals surface area (Å²) in [6.07, 6.45) is 3.26. The summed E-state index contributed by atoms with van der Waals surface area (Å²) in [7, 11) is -10.0. The molecule has 3 aliphatic heterocycles. The molecule has 0 aliphatic carbocycles. The van der Waals surface area contributed by atoms with Crippen molar-refractivity contribution < 1.29 is 35.1 Å². The molecule has 8 nitrogen and oxygen atoms in total. The molecule has 0 fully saturated rings. The molecule has 3 heterocycles. The first-order valence-corrected chi connectivity index (χ1v) is 15.1. The van der Waals surface area contributed by atoms with Gasteiger partial charge in [-0.25, -0.2) is 17.4 Å². The highest BCUT2D eigenvalue weighted by molar-refractivity contribution is 9.10. The van der Waals surface area contributed by atoms with Gasteiger partial charge in [0.2, 0.25) is 5.36 Å². The number of aryl methyl sites for hydroxylation is 1. The average molecular weight is 608 g/mol. The normalized spacial score (nSPS) is 16.5. The number of hydrogen-bond donors (Lipinski definition) is 1. The van der Waals surface area contributed by atoms with Crippen LogP contribution in [-0.4, -0.2) is 39.0 Å². The highest BCUT2D eigenvalue weighted by Gasteiger charge is 2.33. The van der Waals surface area contributed by atoms with E-state index in [1.807, 2.05) is 6.07 Å². The zero-order valence-corrected chi connectivity index (χ0v) is 22.3. The second-order valence-corrected chi connectivity index (χ2v) is 12.9. The minimum atomic E-state index is -5.22. The number of ether oxygens (including phenoxy) is 1. The molecule has 3 aromatic rings. The second kappa shape index (κ2) is 8.43. The summed E-state index contributed by atoms with van der Waals surface area (Å²) in [5, 5.41) is 1.55. The third-order valence-corrected chi connectivity index (χ3v) is 9.39. The van der Waals surface area contributed by atoms with Crippen LogP contribution in [0, 0.1) is 5.82 Å². The van der Waals surface area contributed by atoms with Gasteiger partial charge in [-0.3, -0.25) is 4.55 Å². The molecule has 1 N–H and O–H groups in total. The Morgan fingerprint density at radius 2 is 1.68 bits per heavy atom. The Labute approximate surface area is 220 Å². The summed E-state index contributed by atoms with van der Waals surface area (Å²) in [4.78, 5) is -1.58. The van der Waals surface area contributed by atoms with Gasteiger partial charge in [-0.15, -0.1) is 0 Å². The number of hydrogen-bond acceptors (Lipinski definition) is 6. The van der Waals surface area contributed by atoms with E-state index in [1.54, 1.807) is 6.07 Å². The van der Waals surface area contributed by atoms with Crippen molar-refractivity contribution >= 4 is 41.7 Å². The molecule has 0 spiro atoms. The van der Waals surface area contributed by atoms with Crippen molar-refractivity contribution in [3.05, 3.63) is 79.5 Å². The van der Waals surface area contributed by atoms with Crippen LogP contribution in [0.1, 0.15) is 35.1 Å². The van der Waals surface area contributed by atoms with Crippen LogP contribution in [0.3, 0.4) is 0 Å².